The summed E-state index contributed by atoms with van der Waals surface area (Å²) < 4.78 is 81.2. The minimum absolute atomic E-state index is 0.0168. The van der Waals surface area contributed by atoms with Gasteiger partial charge in [0.2, 0.25) is 0 Å². The van der Waals surface area contributed by atoms with Crippen molar-refractivity contribution in [3.8, 4) is 11.4 Å². The predicted molar refractivity (Wildman–Crippen MR) is 127 cm³/mol. The van der Waals surface area contributed by atoms with Gasteiger partial charge in [-0.15, -0.1) is 0 Å². The van der Waals surface area contributed by atoms with Crippen molar-refractivity contribution in [2.75, 3.05) is 0 Å². The lowest BCUT2D eigenvalue weighted by Crippen LogP contribution is -2.12. The van der Waals surface area contributed by atoms with Crippen molar-refractivity contribution in [3.05, 3.63) is 94.6 Å². The Kier molecular flexibility index (Phi) is 7.62. The quantitative estimate of drug-likeness (QED) is 0.179. The van der Waals surface area contributed by atoms with Crippen LogP contribution in [0, 0.1) is 17.5 Å². The Hall–Kier alpha value is -3.42. The largest absolute Gasteiger partial charge is 0.422 e. The van der Waals surface area contributed by atoms with Gasteiger partial charge in [0.1, 0.15) is 23.0 Å². The standard InChI is InChI=1S/C28H24F6N2/c1-2-3-4-5-18-15-35-27(36-16-18)21-10-11-22-20(14-21)9-8-19(26(22)31)7-6-17-12-23(29)25(24(30)13-17)28(32,33)34/h8-16H,2-7H2,1H3. The SMILES string of the molecule is CCCCCc1cnc(-c2ccc3c(F)c(CCc4cc(F)c(C(F)(F)F)c(F)c4)ccc3c2)nc1. The van der Waals surface area contributed by atoms with Crippen molar-refractivity contribution in [2.24, 2.45) is 0 Å². The van der Waals surface area contributed by atoms with E-state index >= 15 is 4.39 Å². The van der Waals surface area contributed by atoms with E-state index in [2.05, 4.69) is 16.9 Å². The van der Waals surface area contributed by atoms with Crippen LogP contribution in [0.3, 0.4) is 0 Å². The summed E-state index contributed by atoms with van der Waals surface area (Å²) in [7, 11) is 0. The van der Waals surface area contributed by atoms with Gasteiger partial charge in [0, 0.05) is 23.3 Å². The summed E-state index contributed by atoms with van der Waals surface area (Å²) in [4.78, 5) is 8.87. The molecule has 0 bridgehead atoms. The van der Waals surface area contributed by atoms with Crippen molar-refractivity contribution >= 4 is 10.8 Å². The van der Waals surface area contributed by atoms with E-state index in [1.165, 1.54) is 0 Å². The molecule has 0 atom stereocenters. The second kappa shape index (κ2) is 10.7. The molecule has 4 rings (SSSR count). The van der Waals surface area contributed by atoms with Crippen molar-refractivity contribution in [1.29, 1.82) is 0 Å². The predicted octanol–water partition coefficient (Wildman–Crippen LogP) is 8.25. The highest BCUT2D eigenvalue weighted by Gasteiger charge is 2.37. The maximum Gasteiger partial charge on any atom is 0.422 e. The van der Waals surface area contributed by atoms with Gasteiger partial charge in [-0.05, 0) is 66.0 Å². The monoisotopic (exact) mass is 502 g/mol. The average Bonchev–Trinajstić information content (AvgIpc) is 2.83. The minimum Gasteiger partial charge on any atom is -0.236 e. The highest BCUT2D eigenvalue weighted by atomic mass is 19.4. The number of hydrogen-bond donors (Lipinski definition) is 0. The molecule has 0 saturated heterocycles. The van der Waals surface area contributed by atoms with Crippen LogP contribution in [0.2, 0.25) is 0 Å². The molecule has 8 heteroatoms. The molecule has 0 fully saturated rings. The Labute approximate surface area is 205 Å². The molecule has 0 unspecified atom stereocenters. The van der Waals surface area contributed by atoms with E-state index in [0.29, 0.717) is 34.3 Å². The van der Waals surface area contributed by atoms with E-state index < -0.39 is 29.2 Å². The second-order valence-corrected chi connectivity index (χ2v) is 8.78. The Balaban J connectivity index is 1.51. The highest BCUT2D eigenvalue weighted by Crippen LogP contribution is 2.34. The Morgan fingerprint density at radius 1 is 0.750 bits per heavy atom. The van der Waals surface area contributed by atoms with Crippen LogP contribution in [0.5, 0.6) is 0 Å². The second-order valence-electron chi connectivity index (χ2n) is 8.78. The Morgan fingerprint density at radius 2 is 1.44 bits per heavy atom. The zero-order valence-corrected chi connectivity index (χ0v) is 19.6. The molecular weight excluding hydrogens is 478 g/mol. The summed E-state index contributed by atoms with van der Waals surface area (Å²) in [6.45, 7) is 2.15. The molecule has 0 aliphatic heterocycles. The number of rotatable bonds is 8. The van der Waals surface area contributed by atoms with Crippen molar-refractivity contribution in [1.82, 2.24) is 9.97 Å². The molecule has 0 N–H and O–H groups in total. The number of unbranched alkanes of at least 4 members (excludes halogenated alkanes) is 2. The van der Waals surface area contributed by atoms with Crippen LogP contribution in [0.25, 0.3) is 22.2 Å². The summed E-state index contributed by atoms with van der Waals surface area (Å²) >= 11 is 0. The van der Waals surface area contributed by atoms with Gasteiger partial charge in [-0.1, -0.05) is 44.0 Å². The van der Waals surface area contributed by atoms with Gasteiger partial charge in [-0.2, -0.15) is 13.2 Å². The molecule has 0 radical (unpaired) electrons. The highest BCUT2D eigenvalue weighted by molar-refractivity contribution is 5.87. The molecule has 0 aliphatic rings. The van der Waals surface area contributed by atoms with Gasteiger partial charge >= 0.3 is 6.18 Å². The van der Waals surface area contributed by atoms with Crippen LogP contribution in [-0.4, -0.2) is 9.97 Å². The van der Waals surface area contributed by atoms with E-state index in [9.17, 15) is 22.0 Å². The molecule has 0 aliphatic carbocycles. The molecule has 2 nitrogen and oxygen atoms in total. The fourth-order valence-electron chi connectivity index (χ4n) is 4.20. The first-order valence-electron chi connectivity index (χ1n) is 11.7. The lowest BCUT2D eigenvalue weighted by molar-refractivity contribution is -0.142. The zero-order chi connectivity index (χ0) is 25.9. The van der Waals surface area contributed by atoms with E-state index in [4.69, 9.17) is 0 Å². The molecule has 188 valence electrons. The van der Waals surface area contributed by atoms with Crippen LogP contribution < -0.4 is 0 Å². The minimum atomic E-state index is -5.13. The molecule has 4 aromatic rings. The topological polar surface area (TPSA) is 25.8 Å². The summed E-state index contributed by atoms with van der Waals surface area (Å²) in [5.74, 6) is -3.31. The molecule has 0 saturated carbocycles. The van der Waals surface area contributed by atoms with Crippen LogP contribution >= 0.6 is 0 Å². The first-order valence-corrected chi connectivity index (χ1v) is 11.7. The number of alkyl halides is 3. The molecule has 3 aromatic carbocycles. The first kappa shape index (κ1) is 25.7. The number of benzene rings is 3. The van der Waals surface area contributed by atoms with Crippen molar-refractivity contribution in [3.63, 3.8) is 0 Å². The van der Waals surface area contributed by atoms with Gasteiger partial charge in [0.15, 0.2) is 5.82 Å². The van der Waals surface area contributed by atoms with Gasteiger partial charge in [0.05, 0.1) is 0 Å². The van der Waals surface area contributed by atoms with E-state index in [1.807, 2.05) is 0 Å². The first-order chi connectivity index (χ1) is 17.2. The fourth-order valence-corrected chi connectivity index (χ4v) is 4.20. The third kappa shape index (κ3) is 5.69. The van der Waals surface area contributed by atoms with Crippen LogP contribution in [0.15, 0.2) is 54.9 Å². The maximum absolute atomic E-state index is 15.2. The third-order valence-electron chi connectivity index (χ3n) is 6.13. The summed E-state index contributed by atoms with van der Waals surface area (Å²) in [5.41, 5.74) is 0.197. The van der Waals surface area contributed by atoms with Gasteiger partial charge in [-0.25, -0.2) is 23.1 Å². The van der Waals surface area contributed by atoms with Crippen LogP contribution in [0.1, 0.15) is 48.4 Å². The molecule has 36 heavy (non-hydrogen) atoms. The Bertz CT molecular complexity index is 1340. The Morgan fingerprint density at radius 3 is 2.08 bits per heavy atom. The van der Waals surface area contributed by atoms with E-state index in [0.717, 1.165) is 36.8 Å². The van der Waals surface area contributed by atoms with Crippen molar-refractivity contribution < 1.29 is 26.3 Å². The van der Waals surface area contributed by atoms with Crippen LogP contribution in [0.4, 0.5) is 26.3 Å². The van der Waals surface area contributed by atoms with E-state index in [1.54, 1.807) is 42.7 Å². The number of fused-ring (bicyclic) bond motifs is 1. The van der Waals surface area contributed by atoms with E-state index in [-0.39, 0.29) is 18.4 Å². The summed E-state index contributed by atoms with van der Waals surface area (Å²) in [5, 5.41) is 0.994. The number of aromatic nitrogens is 2. The van der Waals surface area contributed by atoms with Crippen LogP contribution in [-0.2, 0) is 25.4 Å². The lowest BCUT2D eigenvalue weighted by atomic mass is 9.98. The fraction of sp³-hybridized carbons (Fsp3) is 0.286. The maximum atomic E-state index is 15.2. The van der Waals surface area contributed by atoms with Gasteiger partial charge < -0.3 is 0 Å². The molecule has 1 heterocycles. The average molecular weight is 503 g/mol. The smallest absolute Gasteiger partial charge is 0.236 e. The van der Waals surface area contributed by atoms with Crippen molar-refractivity contribution in [2.45, 2.75) is 51.6 Å². The molecule has 0 amide bonds. The summed E-state index contributed by atoms with van der Waals surface area (Å²) in [6, 6.07) is 9.72. The zero-order valence-electron chi connectivity index (χ0n) is 19.6. The third-order valence-corrected chi connectivity index (χ3v) is 6.13. The summed E-state index contributed by atoms with van der Waals surface area (Å²) in [6.07, 6.45) is 2.82. The molecular formula is C28H24F6N2. The van der Waals surface area contributed by atoms with Gasteiger partial charge in [-0.3, -0.25) is 0 Å². The normalized spacial score (nSPS) is 11.9. The number of hydrogen-bond acceptors (Lipinski definition) is 2. The molecule has 1 aromatic heterocycles. The number of nitrogens with zero attached hydrogens (tertiary/aromatic N) is 2. The lowest BCUT2D eigenvalue weighted by Gasteiger charge is -2.12. The van der Waals surface area contributed by atoms with Gasteiger partial charge in [0.25, 0.3) is 0 Å². The number of halogens is 6. The molecule has 0 spiro atoms. The number of aryl methyl sites for hydroxylation is 3.